The number of nitrogens with two attached hydrogens (primary N) is 1. The zero-order chi connectivity index (χ0) is 15.1. The molecule has 1 atom stereocenters. The van der Waals surface area contributed by atoms with Crippen molar-refractivity contribution < 1.29 is 9.53 Å². The minimum Gasteiger partial charge on any atom is -0.463 e. The SMILES string of the molecule is CCCOc1nc(N)nc(N(C)CC(C)C(=O)NC)n1. The molecule has 0 saturated carbocycles. The number of carbonyl (C=O) groups is 1. The molecule has 3 N–H and O–H groups in total. The van der Waals surface area contributed by atoms with E-state index < -0.39 is 0 Å². The second-order valence-electron chi connectivity index (χ2n) is 4.52. The predicted octanol–water partition coefficient (Wildman–Crippen LogP) is 0.0609. The van der Waals surface area contributed by atoms with Gasteiger partial charge in [0.25, 0.3) is 0 Å². The van der Waals surface area contributed by atoms with Crippen LogP contribution in [-0.2, 0) is 4.79 Å². The third kappa shape index (κ3) is 4.52. The fourth-order valence-electron chi connectivity index (χ4n) is 1.61. The van der Waals surface area contributed by atoms with E-state index in [0.717, 1.165) is 6.42 Å². The van der Waals surface area contributed by atoms with Crippen molar-refractivity contribution in [3.63, 3.8) is 0 Å². The molecule has 1 aromatic heterocycles. The van der Waals surface area contributed by atoms with Crippen LogP contribution in [0.2, 0.25) is 0 Å². The van der Waals surface area contributed by atoms with Crippen molar-refractivity contribution in [2.75, 3.05) is 37.9 Å². The van der Waals surface area contributed by atoms with E-state index >= 15 is 0 Å². The largest absolute Gasteiger partial charge is 0.463 e. The molecule has 0 radical (unpaired) electrons. The highest BCUT2D eigenvalue weighted by atomic mass is 16.5. The van der Waals surface area contributed by atoms with Gasteiger partial charge in [-0.3, -0.25) is 4.79 Å². The zero-order valence-corrected chi connectivity index (χ0v) is 12.4. The summed E-state index contributed by atoms with van der Waals surface area (Å²) in [7, 11) is 3.40. The van der Waals surface area contributed by atoms with Crippen LogP contribution in [0.25, 0.3) is 0 Å². The lowest BCUT2D eigenvalue weighted by Gasteiger charge is -2.20. The number of hydrogen-bond acceptors (Lipinski definition) is 7. The molecule has 1 rings (SSSR count). The fourth-order valence-corrected chi connectivity index (χ4v) is 1.61. The molecule has 1 amide bonds. The summed E-state index contributed by atoms with van der Waals surface area (Å²) in [4.78, 5) is 25.4. The zero-order valence-electron chi connectivity index (χ0n) is 12.4. The van der Waals surface area contributed by atoms with E-state index in [4.69, 9.17) is 10.5 Å². The molecular weight excluding hydrogens is 260 g/mol. The van der Waals surface area contributed by atoms with Gasteiger partial charge >= 0.3 is 6.01 Å². The summed E-state index contributed by atoms with van der Waals surface area (Å²) in [5.41, 5.74) is 5.64. The number of nitrogens with one attached hydrogen (secondary N) is 1. The number of nitrogens with zero attached hydrogens (tertiary/aromatic N) is 4. The Labute approximate surface area is 118 Å². The lowest BCUT2D eigenvalue weighted by Crippen LogP contribution is -2.35. The van der Waals surface area contributed by atoms with Gasteiger partial charge in [0.05, 0.1) is 12.5 Å². The van der Waals surface area contributed by atoms with Gasteiger partial charge in [-0.2, -0.15) is 15.0 Å². The van der Waals surface area contributed by atoms with Crippen LogP contribution in [0, 0.1) is 5.92 Å². The smallest absolute Gasteiger partial charge is 0.323 e. The van der Waals surface area contributed by atoms with Crippen LogP contribution in [0.3, 0.4) is 0 Å². The molecule has 112 valence electrons. The summed E-state index contributed by atoms with van der Waals surface area (Å²) in [6.45, 7) is 4.80. The normalized spacial score (nSPS) is 11.8. The second kappa shape index (κ2) is 7.46. The molecule has 1 unspecified atom stereocenters. The third-order valence-electron chi connectivity index (χ3n) is 2.64. The van der Waals surface area contributed by atoms with Gasteiger partial charge in [-0.25, -0.2) is 0 Å². The first-order chi connectivity index (χ1) is 9.47. The van der Waals surface area contributed by atoms with Crippen molar-refractivity contribution in [1.29, 1.82) is 0 Å². The van der Waals surface area contributed by atoms with E-state index in [1.807, 2.05) is 13.8 Å². The number of aromatic nitrogens is 3. The molecule has 0 saturated heterocycles. The molecule has 0 bridgehead atoms. The average molecular weight is 282 g/mol. The Morgan fingerprint density at radius 2 is 2.15 bits per heavy atom. The van der Waals surface area contributed by atoms with E-state index in [2.05, 4.69) is 20.3 Å². The fraction of sp³-hybridized carbons (Fsp3) is 0.667. The van der Waals surface area contributed by atoms with E-state index in [1.165, 1.54) is 0 Å². The molecule has 1 aromatic rings. The summed E-state index contributed by atoms with van der Waals surface area (Å²) < 4.78 is 5.35. The summed E-state index contributed by atoms with van der Waals surface area (Å²) in [5, 5.41) is 2.60. The van der Waals surface area contributed by atoms with Gasteiger partial charge in [0.1, 0.15) is 0 Å². The maximum atomic E-state index is 11.5. The number of anilines is 2. The second-order valence-corrected chi connectivity index (χ2v) is 4.52. The van der Waals surface area contributed by atoms with E-state index in [9.17, 15) is 4.79 Å². The lowest BCUT2D eigenvalue weighted by molar-refractivity contribution is -0.123. The number of nitrogen functional groups attached to an aromatic ring is 1. The number of rotatable bonds is 7. The molecular formula is C12H22N6O2. The predicted molar refractivity (Wildman–Crippen MR) is 76.5 cm³/mol. The molecule has 20 heavy (non-hydrogen) atoms. The Hall–Kier alpha value is -2.12. The number of carbonyl (C=O) groups excluding carboxylic acids is 1. The van der Waals surface area contributed by atoms with Gasteiger partial charge in [-0.15, -0.1) is 0 Å². The molecule has 0 aromatic carbocycles. The van der Waals surface area contributed by atoms with Crippen molar-refractivity contribution in [3.8, 4) is 6.01 Å². The number of hydrogen-bond donors (Lipinski definition) is 2. The molecule has 0 aliphatic heterocycles. The van der Waals surface area contributed by atoms with Crippen molar-refractivity contribution in [2.45, 2.75) is 20.3 Å². The highest BCUT2D eigenvalue weighted by Crippen LogP contribution is 2.13. The molecule has 8 nitrogen and oxygen atoms in total. The topological polar surface area (TPSA) is 106 Å². The van der Waals surface area contributed by atoms with Gasteiger partial charge in [-0.05, 0) is 6.42 Å². The summed E-state index contributed by atoms with van der Waals surface area (Å²) in [5.74, 6) is 0.254. The third-order valence-corrected chi connectivity index (χ3v) is 2.64. The Kier molecular flexibility index (Phi) is 5.95. The van der Waals surface area contributed by atoms with Crippen LogP contribution in [0.4, 0.5) is 11.9 Å². The quantitative estimate of drug-likeness (QED) is 0.728. The van der Waals surface area contributed by atoms with Crippen LogP contribution in [0.5, 0.6) is 6.01 Å². The van der Waals surface area contributed by atoms with Crippen LogP contribution < -0.4 is 20.7 Å². The highest BCUT2D eigenvalue weighted by Gasteiger charge is 2.16. The monoisotopic (exact) mass is 282 g/mol. The van der Waals surface area contributed by atoms with Gasteiger partial charge in [-0.1, -0.05) is 13.8 Å². The Bertz CT molecular complexity index is 454. The van der Waals surface area contributed by atoms with Crippen molar-refractivity contribution in [2.24, 2.45) is 5.92 Å². The van der Waals surface area contributed by atoms with Gasteiger partial charge in [0, 0.05) is 20.6 Å². The molecule has 0 fully saturated rings. The average Bonchev–Trinajstić information content (AvgIpc) is 2.43. The Balaban J connectivity index is 2.78. The lowest BCUT2D eigenvalue weighted by atomic mass is 10.1. The van der Waals surface area contributed by atoms with Gasteiger partial charge < -0.3 is 20.7 Å². The summed E-state index contributed by atoms with van der Waals surface area (Å²) in [6.07, 6.45) is 0.852. The highest BCUT2D eigenvalue weighted by molar-refractivity contribution is 5.78. The Morgan fingerprint density at radius 3 is 2.75 bits per heavy atom. The van der Waals surface area contributed by atoms with Crippen LogP contribution >= 0.6 is 0 Å². The molecule has 0 spiro atoms. The van der Waals surface area contributed by atoms with Crippen LogP contribution in [-0.4, -0.2) is 48.1 Å². The maximum absolute atomic E-state index is 11.5. The standard InChI is InChI=1S/C12H22N6O2/c1-5-6-20-12-16-10(13)15-11(17-12)18(4)7-8(2)9(19)14-3/h8H,5-7H2,1-4H3,(H,14,19)(H2,13,15,16,17). The van der Waals surface area contributed by atoms with E-state index in [1.54, 1.807) is 19.0 Å². The molecule has 1 heterocycles. The minimum atomic E-state index is -0.192. The van der Waals surface area contributed by atoms with Crippen molar-refractivity contribution in [1.82, 2.24) is 20.3 Å². The summed E-state index contributed by atoms with van der Waals surface area (Å²) >= 11 is 0. The van der Waals surface area contributed by atoms with Gasteiger partial charge in [0.15, 0.2) is 0 Å². The molecule has 0 aliphatic carbocycles. The van der Waals surface area contributed by atoms with E-state index in [-0.39, 0.29) is 23.8 Å². The van der Waals surface area contributed by atoms with Crippen LogP contribution in [0.15, 0.2) is 0 Å². The first-order valence-electron chi connectivity index (χ1n) is 6.55. The first-order valence-corrected chi connectivity index (χ1v) is 6.55. The minimum absolute atomic E-state index is 0.0404. The number of ether oxygens (including phenoxy) is 1. The Morgan fingerprint density at radius 1 is 1.45 bits per heavy atom. The summed E-state index contributed by atoms with van der Waals surface area (Å²) in [6, 6.07) is 0.203. The maximum Gasteiger partial charge on any atom is 0.323 e. The first kappa shape index (κ1) is 15.9. The van der Waals surface area contributed by atoms with E-state index in [0.29, 0.717) is 19.1 Å². The number of amides is 1. The molecule has 0 aliphatic rings. The van der Waals surface area contributed by atoms with Gasteiger partial charge in [0.2, 0.25) is 17.8 Å². The molecule has 8 heteroatoms. The van der Waals surface area contributed by atoms with Crippen LogP contribution in [0.1, 0.15) is 20.3 Å². The van der Waals surface area contributed by atoms with Crippen molar-refractivity contribution >= 4 is 17.8 Å². The van der Waals surface area contributed by atoms with Crippen molar-refractivity contribution in [3.05, 3.63) is 0 Å².